The molecule has 1 saturated heterocycles. The Bertz CT molecular complexity index is 961. The van der Waals surface area contributed by atoms with E-state index in [1.54, 1.807) is 10.9 Å². The molecule has 0 spiro atoms. The number of hydrogen-bond acceptors (Lipinski definition) is 7. The van der Waals surface area contributed by atoms with Gasteiger partial charge in [-0.2, -0.15) is 10.1 Å². The van der Waals surface area contributed by atoms with Crippen molar-refractivity contribution < 1.29 is 19.4 Å². The van der Waals surface area contributed by atoms with Crippen molar-refractivity contribution in [2.24, 2.45) is 11.8 Å². The minimum absolute atomic E-state index is 0.0193. The molecule has 4 rings (SSSR count). The molecule has 2 aromatic heterocycles. The summed E-state index contributed by atoms with van der Waals surface area (Å²) < 4.78 is 13.0. The molecule has 1 amide bonds. The largest absolute Gasteiger partial charge is 0.478 e. The smallest absolute Gasteiger partial charge is 0.319 e. The van der Waals surface area contributed by atoms with Crippen molar-refractivity contribution in [2.75, 3.05) is 26.3 Å². The van der Waals surface area contributed by atoms with Gasteiger partial charge in [-0.05, 0) is 40.5 Å². The van der Waals surface area contributed by atoms with Gasteiger partial charge in [-0.1, -0.05) is 6.42 Å². The van der Waals surface area contributed by atoms with E-state index in [1.165, 1.54) is 0 Å². The van der Waals surface area contributed by atoms with Crippen molar-refractivity contribution in [1.29, 1.82) is 0 Å². The lowest BCUT2D eigenvalue weighted by atomic mass is 9.63. The zero-order chi connectivity index (χ0) is 22.9. The predicted molar refractivity (Wildman–Crippen MR) is 118 cm³/mol. The fourth-order valence-electron chi connectivity index (χ4n) is 5.19. The molecule has 0 radical (unpaired) electrons. The molecule has 2 aliphatic rings. The minimum atomic E-state index is -1.15. The Hall–Kier alpha value is -2.68. The maximum atomic E-state index is 13.3. The highest BCUT2D eigenvalue weighted by Crippen LogP contribution is 2.51. The molecule has 2 aromatic rings. The standard InChI is InChI=1S/C23H33N5O4/c1-5-28-14-18(15(4)26-28)21(29)27-12-16-9-8-10-17(13-27)23(16,30)19-11-24-22(32-7-3)25-20(19)31-6-2/h11,14,16-17,30H,5-10,12-13H2,1-4H3/t16-,17-/m1/s1. The van der Waals surface area contributed by atoms with Gasteiger partial charge in [0.25, 0.3) is 5.91 Å². The summed E-state index contributed by atoms with van der Waals surface area (Å²) in [5.74, 6) is 0.0989. The van der Waals surface area contributed by atoms with E-state index in [-0.39, 0.29) is 23.8 Å². The summed E-state index contributed by atoms with van der Waals surface area (Å²) in [5.41, 5.74) is 0.822. The Morgan fingerprint density at radius 2 is 1.88 bits per heavy atom. The zero-order valence-corrected chi connectivity index (χ0v) is 19.4. The Labute approximate surface area is 188 Å². The van der Waals surface area contributed by atoms with Gasteiger partial charge in [0.05, 0.1) is 30.0 Å². The number of aryl methyl sites for hydroxylation is 2. The maximum absolute atomic E-state index is 13.3. The van der Waals surface area contributed by atoms with Crippen LogP contribution in [0.3, 0.4) is 0 Å². The number of amides is 1. The number of nitrogens with zero attached hydrogens (tertiary/aromatic N) is 5. The summed E-state index contributed by atoms with van der Waals surface area (Å²) in [4.78, 5) is 24.0. The van der Waals surface area contributed by atoms with Gasteiger partial charge in [0.1, 0.15) is 5.60 Å². The lowest BCUT2D eigenvalue weighted by Crippen LogP contribution is -2.59. The van der Waals surface area contributed by atoms with Crippen molar-refractivity contribution in [1.82, 2.24) is 24.6 Å². The fourth-order valence-corrected chi connectivity index (χ4v) is 5.19. The molecule has 9 heteroatoms. The van der Waals surface area contributed by atoms with Crippen LogP contribution in [0.1, 0.15) is 61.6 Å². The molecule has 1 N–H and O–H groups in total. The molecule has 1 saturated carbocycles. The third kappa shape index (κ3) is 3.83. The first-order chi connectivity index (χ1) is 15.4. The number of likely N-dealkylation sites (tertiary alicyclic amines) is 1. The number of aromatic nitrogens is 4. The molecule has 1 aliphatic carbocycles. The van der Waals surface area contributed by atoms with Gasteiger partial charge in [0, 0.05) is 43.9 Å². The molecular formula is C23H33N5O4. The molecule has 2 bridgehead atoms. The van der Waals surface area contributed by atoms with Crippen LogP contribution >= 0.6 is 0 Å². The van der Waals surface area contributed by atoms with Crippen LogP contribution in [0.4, 0.5) is 0 Å². The summed E-state index contributed by atoms with van der Waals surface area (Å²) >= 11 is 0. The van der Waals surface area contributed by atoms with Gasteiger partial charge in [-0.15, -0.1) is 0 Å². The predicted octanol–water partition coefficient (Wildman–Crippen LogP) is 2.56. The summed E-state index contributed by atoms with van der Waals surface area (Å²) in [6, 6.07) is 0.240. The monoisotopic (exact) mass is 443 g/mol. The quantitative estimate of drug-likeness (QED) is 0.701. The summed E-state index contributed by atoms with van der Waals surface area (Å²) in [6.07, 6.45) is 6.13. The summed E-state index contributed by atoms with van der Waals surface area (Å²) in [5, 5.41) is 16.5. The van der Waals surface area contributed by atoms with Crippen molar-refractivity contribution in [3.05, 3.63) is 29.2 Å². The molecular weight excluding hydrogens is 410 g/mol. The topological polar surface area (TPSA) is 103 Å². The highest BCUT2D eigenvalue weighted by Gasteiger charge is 2.54. The van der Waals surface area contributed by atoms with E-state index in [0.29, 0.717) is 43.3 Å². The number of ether oxygens (including phenoxy) is 2. The number of carbonyl (C=O) groups excluding carboxylic acids is 1. The van der Waals surface area contributed by atoms with Gasteiger partial charge in [0.2, 0.25) is 5.88 Å². The molecule has 0 aromatic carbocycles. The van der Waals surface area contributed by atoms with Crippen molar-refractivity contribution in [2.45, 2.75) is 59.1 Å². The number of aliphatic hydroxyl groups is 1. The average Bonchev–Trinajstić information content (AvgIpc) is 3.14. The Balaban J connectivity index is 1.65. The number of carbonyl (C=O) groups is 1. The Morgan fingerprint density at radius 1 is 1.19 bits per heavy atom. The highest BCUT2D eigenvalue weighted by atomic mass is 16.5. The van der Waals surface area contributed by atoms with Crippen LogP contribution in [0.15, 0.2) is 12.4 Å². The Morgan fingerprint density at radius 3 is 2.47 bits per heavy atom. The first kappa shape index (κ1) is 22.5. The molecule has 32 heavy (non-hydrogen) atoms. The molecule has 1 aliphatic heterocycles. The molecule has 174 valence electrons. The maximum Gasteiger partial charge on any atom is 0.319 e. The van der Waals surface area contributed by atoms with Crippen molar-refractivity contribution >= 4 is 5.91 Å². The Kier molecular flexibility index (Phi) is 6.37. The fraction of sp³-hybridized carbons (Fsp3) is 0.652. The van der Waals surface area contributed by atoms with Gasteiger partial charge < -0.3 is 19.5 Å². The van der Waals surface area contributed by atoms with Gasteiger partial charge in [0.15, 0.2) is 0 Å². The van der Waals surface area contributed by atoms with E-state index in [9.17, 15) is 9.90 Å². The second-order valence-electron chi connectivity index (χ2n) is 8.58. The second-order valence-corrected chi connectivity index (χ2v) is 8.58. The second kappa shape index (κ2) is 9.05. The van der Waals surface area contributed by atoms with E-state index >= 15 is 0 Å². The number of hydrogen-bond donors (Lipinski definition) is 1. The molecule has 0 unspecified atom stereocenters. The van der Waals surface area contributed by atoms with E-state index in [2.05, 4.69) is 15.1 Å². The lowest BCUT2D eigenvalue weighted by molar-refractivity contribution is -0.141. The SMILES string of the molecule is CCOc1ncc(C2(O)[C@@H]3CCC[C@@H]2CN(C(=O)c2cn(CC)nc2C)C3)c(OCC)n1. The van der Waals surface area contributed by atoms with Crippen LogP contribution in [0.2, 0.25) is 0 Å². The van der Waals surface area contributed by atoms with Gasteiger partial charge in [-0.25, -0.2) is 4.98 Å². The number of fused-ring (bicyclic) bond motifs is 2. The lowest BCUT2D eigenvalue weighted by Gasteiger charge is -2.53. The van der Waals surface area contributed by atoms with Crippen molar-refractivity contribution in [3.63, 3.8) is 0 Å². The first-order valence-electron chi connectivity index (χ1n) is 11.6. The van der Waals surface area contributed by atoms with Gasteiger partial charge >= 0.3 is 6.01 Å². The molecule has 2 atom stereocenters. The summed E-state index contributed by atoms with van der Waals surface area (Å²) in [7, 11) is 0. The average molecular weight is 444 g/mol. The third-order valence-electron chi connectivity index (χ3n) is 6.74. The molecule has 2 fully saturated rings. The zero-order valence-electron chi connectivity index (χ0n) is 19.4. The number of piperidine rings is 1. The van der Waals surface area contributed by atoms with Crippen LogP contribution in [0.25, 0.3) is 0 Å². The van der Waals surface area contributed by atoms with Crippen LogP contribution in [0.5, 0.6) is 11.9 Å². The molecule has 3 heterocycles. The van der Waals surface area contributed by atoms with E-state index in [0.717, 1.165) is 31.5 Å². The first-order valence-corrected chi connectivity index (χ1v) is 11.6. The van der Waals surface area contributed by atoms with Gasteiger partial charge in [-0.3, -0.25) is 9.48 Å². The van der Waals surface area contributed by atoms with Crippen molar-refractivity contribution in [3.8, 4) is 11.9 Å². The summed E-state index contributed by atoms with van der Waals surface area (Å²) in [6.45, 7) is 10.2. The minimum Gasteiger partial charge on any atom is -0.478 e. The van der Waals surface area contributed by atoms with E-state index in [1.807, 2.05) is 38.8 Å². The number of rotatable bonds is 7. The van der Waals surface area contributed by atoms with E-state index < -0.39 is 5.60 Å². The van der Waals surface area contributed by atoms with E-state index in [4.69, 9.17) is 9.47 Å². The normalized spacial score (nSPS) is 25.0. The van der Waals surface area contributed by atoms with Crippen LogP contribution < -0.4 is 9.47 Å². The van der Waals surface area contributed by atoms with Crippen LogP contribution in [-0.4, -0.2) is 62.0 Å². The van der Waals surface area contributed by atoms with Crippen LogP contribution in [-0.2, 0) is 12.1 Å². The highest BCUT2D eigenvalue weighted by molar-refractivity contribution is 5.95. The van der Waals surface area contributed by atoms with Crippen LogP contribution in [0, 0.1) is 18.8 Å². The third-order valence-corrected chi connectivity index (χ3v) is 6.74. The molecule has 9 nitrogen and oxygen atoms in total.